The smallest absolute Gasteiger partial charge is 0.389 e. The van der Waals surface area contributed by atoms with Gasteiger partial charge < -0.3 is 10.6 Å². The molecule has 0 aliphatic heterocycles. The fraction of sp³-hybridized carbons (Fsp3) is 0.533. The molecule has 0 radical (unpaired) electrons. The average molecular weight is 316 g/mol. The molecule has 0 heterocycles. The predicted octanol–water partition coefficient (Wildman–Crippen LogP) is 3.97. The van der Waals surface area contributed by atoms with Gasteiger partial charge in [0.25, 0.3) is 0 Å². The van der Waals surface area contributed by atoms with Crippen LogP contribution in [0.25, 0.3) is 0 Å². The topological polar surface area (TPSA) is 29.3 Å². The minimum absolute atomic E-state index is 0.00741. The highest BCUT2D eigenvalue weighted by atomic mass is 32.1. The molecule has 0 amide bonds. The minimum atomic E-state index is -4.38. The van der Waals surface area contributed by atoms with Crippen LogP contribution in [-0.2, 0) is 6.18 Å². The van der Waals surface area contributed by atoms with E-state index in [1.807, 2.05) is 6.92 Å². The van der Waals surface area contributed by atoms with E-state index in [4.69, 9.17) is 18.0 Å². The monoisotopic (exact) mass is 316 g/mol. The normalized spacial score (nSPS) is 15.0. The van der Waals surface area contributed by atoms with Crippen LogP contribution in [0.2, 0.25) is 0 Å². The second kappa shape index (κ2) is 6.22. The zero-order valence-corrected chi connectivity index (χ0v) is 12.7. The van der Waals surface area contributed by atoms with Gasteiger partial charge >= 0.3 is 6.18 Å². The highest BCUT2D eigenvalue weighted by Crippen LogP contribution is 2.35. The average Bonchev–Trinajstić information content (AvgIpc) is 3.20. The van der Waals surface area contributed by atoms with Crippen LogP contribution >= 0.6 is 12.2 Å². The van der Waals surface area contributed by atoms with Crippen molar-refractivity contribution in [2.75, 3.05) is 18.0 Å². The summed E-state index contributed by atoms with van der Waals surface area (Å²) in [5.41, 5.74) is 5.96. The molecule has 1 aliphatic rings. The van der Waals surface area contributed by atoms with Crippen LogP contribution in [0.3, 0.4) is 0 Å². The summed E-state index contributed by atoms with van der Waals surface area (Å²) in [6.45, 7) is 3.69. The molecule has 1 aliphatic carbocycles. The lowest BCUT2D eigenvalue weighted by atomic mass is 10.1. The summed E-state index contributed by atoms with van der Waals surface area (Å²) in [7, 11) is 0. The highest BCUT2D eigenvalue weighted by molar-refractivity contribution is 7.80. The van der Waals surface area contributed by atoms with E-state index in [0.29, 0.717) is 17.2 Å². The molecule has 2 nitrogen and oxygen atoms in total. The number of thiocarbonyl (C=S) groups is 1. The number of benzene rings is 1. The first-order valence-corrected chi connectivity index (χ1v) is 7.49. The van der Waals surface area contributed by atoms with Gasteiger partial charge in [0.05, 0.1) is 5.56 Å². The summed E-state index contributed by atoms with van der Waals surface area (Å²) in [4.78, 5) is 2.11. The van der Waals surface area contributed by atoms with Crippen LogP contribution in [-0.4, -0.2) is 18.1 Å². The van der Waals surface area contributed by atoms with Gasteiger partial charge in [0.2, 0.25) is 0 Å². The van der Waals surface area contributed by atoms with E-state index in [1.165, 1.54) is 18.9 Å². The summed E-state index contributed by atoms with van der Waals surface area (Å²) in [6.07, 6.45) is -1.10. The van der Waals surface area contributed by atoms with E-state index in [-0.39, 0.29) is 4.99 Å². The largest absolute Gasteiger partial charge is 0.416 e. The molecule has 0 saturated heterocycles. The van der Waals surface area contributed by atoms with Crippen molar-refractivity contribution in [3.8, 4) is 0 Å². The van der Waals surface area contributed by atoms with Gasteiger partial charge in [-0.25, -0.2) is 0 Å². The molecule has 1 saturated carbocycles. The van der Waals surface area contributed by atoms with Crippen molar-refractivity contribution in [1.29, 1.82) is 0 Å². The Morgan fingerprint density at radius 1 is 1.38 bits per heavy atom. The second-order valence-corrected chi connectivity index (χ2v) is 5.92. The van der Waals surface area contributed by atoms with E-state index in [1.54, 1.807) is 0 Å². The minimum Gasteiger partial charge on any atom is -0.389 e. The van der Waals surface area contributed by atoms with Crippen molar-refractivity contribution < 1.29 is 13.2 Å². The molecule has 116 valence electrons. The van der Waals surface area contributed by atoms with Gasteiger partial charge in [-0.15, -0.1) is 0 Å². The van der Waals surface area contributed by atoms with Crippen molar-refractivity contribution in [2.24, 2.45) is 11.7 Å². The van der Waals surface area contributed by atoms with Gasteiger partial charge in [-0.3, -0.25) is 0 Å². The van der Waals surface area contributed by atoms with E-state index in [0.717, 1.165) is 31.6 Å². The molecule has 6 heteroatoms. The van der Waals surface area contributed by atoms with Gasteiger partial charge in [-0.05, 0) is 43.4 Å². The maximum atomic E-state index is 12.8. The van der Waals surface area contributed by atoms with Gasteiger partial charge in [0.1, 0.15) is 4.99 Å². The van der Waals surface area contributed by atoms with Crippen molar-refractivity contribution in [3.63, 3.8) is 0 Å². The van der Waals surface area contributed by atoms with E-state index >= 15 is 0 Å². The fourth-order valence-electron chi connectivity index (χ4n) is 2.38. The Balaban J connectivity index is 2.37. The first kappa shape index (κ1) is 16.1. The van der Waals surface area contributed by atoms with E-state index < -0.39 is 11.7 Å². The summed E-state index contributed by atoms with van der Waals surface area (Å²) in [6, 6.07) is 3.66. The maximum absolute atomic E-state index is 12.8. The van der Waals surface area contributed by atoms with Crippen molar-refractivity contribution in [1.82, 2.24) is 0 Å². The molecular weight excluding hydrogens is 297 g/mol. The molecule has 1 fully saturated rings. The van der Waals surface area contributed by atoms with E-state index in [2.05, 4.69) is 4.90 Å². The van der Waals surface area contributed by atoms with Crippen LogP contribution in [0.1, 0.15) is 37.3 Å². The third-order valence-corrected chi connectivity index (χ3v) is 3.82. The highest BCUT2D eigenvalue weighted by Gasteiger charge is 2.32. The van der Waals surface area contributed by atoms with Gasteiger partial charge in [0, 0.05) is 24.3 Å². The Morgan fingerprint density at radius 2 is 2.05 bits per heavy atom. The van der Waals surface area contributed by atoms with Crippen LogP contribution in [0.4, 0.5) is 18.9 Å². The zero-order valence-electron chi connectivity index (χ0n) is 11.9. The van der Waals surface area contributed by atoms with Gasteiger partial charge in [-0.1, -0.05) is 19.1 Å². The first-order chi connectivity index (χ1) is 9.82. The lowest BCUT2D eigenvalue weighted by Gasteiger charge is -2.27. The van der Waals surface area contributed by atoms with Crippen molar-refractivity contribution in [2.45, 2.75) is 32.4 Å². The Hall–Kier alpha value is -1.30. The Kier molecular flexibility index (Phi) is 4.76. The van der Waals surface area contributed by atoms with Gasteiger partial charge in [-0.2, -0.15) is 13.2 Å². The lowest BCUT2D eigenvalue weighted by Crippen LogP contribution is -2.29. The van der Waals surface area contributed by atoms with E-state index in [9.17, 15) is 13.2 Å². The summed E-state index contributed by atoms with van der Waals surface area (Å²) >= 11 is 4.95. The molecule has 0 bridgehead atoms. The third kappa shape index (κ3) is 4.09. The molecule has 21 heavy (non-hydrogen) atoms. The Morgan fingerprint density at radius 3 is 2.52 bits per heavy atom. The predicted molar refractivity (Wildman–Crippen MR) is 82.6 cm³/mol. The first-order valence-electron chi connectivity index (χ1n) is 7.09. The van der Waals surface area contributed by atoms with Crippen LogP contribution in [0, 0.1) is 5.92 Å². The number of rotatable bonds is 6. The van der Waals surface area contributed by atoms with Gasteiger partial charge in [0.15, 0.2) is 0 Å². The molecule has 0 atom stereocenters. The molecule has 2 rings (SSSR count). The number of nitrogens with zero attached hydrogens (tertiary/aromatic N) is 1. The molecule has 1 aromatic rings. The number of hydrogen-bond acceptors (Lipinski definition) is 2. The van der Waals surface area contributed by atoms with Crippen molar-refractivity contribution in [3.05, 3.63) is 29.3 Å². The SMILES string of the molecule is CCCN(CC1CC1)c1ccc(C(F)(F)F)cc1C(N)=S. The molecular formula is C15H19F3N2S. The molecule has 2 N–H and O–H groups in total. The number of alkyl halides is 3. The Labute approximate surface area is 128 Å². The van der Waals surface area contributed by atoms with Crippen LogP contribution in [0.15, 0.2) is 18.2 Å². The number of anilines is 1. The van der Waals surface area contributed by atoms with Crippen LogP contribution in [0.5, 0.6) is 0 Å². The van der Waals surface area contributed by atoms with Crippen LogP contribution < -0.4 is 10.6 Å². The molecule has 0 aromatic heterocycles. The molecule has 0 spiro atoms. The standard InChI is InChI=1S/C15H19F3N2S/c1-2-7-20(9-10-3-4-10)13-6-5-11(15(16,17)18)8-12(13)14(19)21/h5-6,8,10H,2-4,7,9H2,1H3,(H2,19,21). The summed E-state index contributed by atoms with van der Waals surface area (Å²) in [5, 5.41) is 0. The second-order valence-electron chi connectivity index (χ2n) is 5.48. The number of nitrogens with two attached hydrogens (primary N) is 1. The van der Waals surface area contributed by atoms with Crippen molar-refractivity contribution >= 4 is 22.9 Å². The maximum Gasteiger partial charge on any atom is 0.416 e. The summed E-state index contributed by atoms with van der Waals surface area (Å²) < 4.78 is 38.5. The molecule has 0 unspecified atom stereocenters. The zero-order chi connectivity index (χ0) is 15.6. The lowest BCUT2D eigenvalue weighted by molar-refractivity contribution is -0.137. The quantitative estimate of drug-likeness (QED) is 0.805. The summed E-state index contributed by atoms with van der Waals surface area (Å²) in [5.74, 6) is 0.637. The number of halogens is 3. The number of hydrogen-bond donors (Lipinski definition) is 1. The Bertz CT molecular complexity index is 524. The fourth-order valence-corrected chi connectivity index (χ4v) is 2.54. The molecule has 1 aromatic carbocycles. The third-order valence-electron chi connectivity index (χ3n) is 3.60.